The number of amides is 1. The van der Waals surface area contributed by atoms with E-state index in [1.165, 1.54) is 18.2 Å². The van der Waals surface area contributed by atoms with E-state index in [9.17, 15) is 18.3 Å². The standard InChI is InChI=1S/C24H21ClN2O4S/c1-14-8-15(2)10-19(9-14)32(30,31)23-20-12-17(25)6-7-21(20)27-22(23)24(29)26-13-16-4-3-5-18(28)11-16/h3-12,27-28H,13H2,1-2H3,(H,26,29). The molecule has 0 saturated heterocycles. The van der Waals surface area contributed by atoms with E-state index < -0.39 is 15.7 Å². The van der Waals surface area contributed by atoms with Gasteiger partial charge in [-0.1, -0.05) is 29.8 Å². The number of aromatic amines is 1. The molecule has 0 radical (unpaired) electrons. The molecule has 164 valence electrons. The second-order valence-corrected chi connectivity index (χ2v) is 10.0. The monoisotopic (exact) mass is 468 g/mol. The minimum absolute atomic E-state index is 0.0680. The third kappa shape index (κ3) is 4.22. The number of rotatable bonds is 5. The number of phenolic OH excluding ortho intramolecular Hbond substituents is 1. The summed E-state index contributed by atoms with van der Waals surface area (Å²) in [6, 6.07) is 16.3. The summed E-state index contributed by atoms with van der Waals surface area (Å²) >= 11 is 6.15. The maximum absolute atomic E-state index is 13.7. The van der Waals surface area contributed by atoms with Gasteiger partial charge in [0.1, 0.15) is 16.3 Å². The average molecular weight is 469 g/mol. The van der Waals surface area contributed by atoms with Crippen molar-refractivity contribution in [2.24, 2.45) is 0 Å². The number of halogens is 1. The molecule has 4 rings (SSSR count). The SMILES string of the molecule is Cc1cc(C)cc(S(=O)(=O)c2c(C(=O)NCc3cccc(O)c3)[nH]c3ccc(Cl)cc23)c1. The van der Waals surface area contributed by atoms with Crippen LogP contribution in [0, 0.1) is 13.8 Å². The van der Waals surface area contributed by atoms with E-state index in [0.29, 0.717) is 21.5 Å². The van der Waals surface area contributed by atoms with Crippen molar-refractivity contribution in [1.82, 2.24) is 10.3 Å². The van der Waals surface area contributed by atoms with Crippen LogP contribution < -0.4 is 5.32 Å². The summed E-state index contributed by atoms with van der Waals surface area (Å²) in [4.78, 5) is 16.0. The Morgan fingerprint density at radius 2 is 1.75 bits per heavy atom. The Balaban J connectivity index is 1.83. The third-order valence-electron chi connectivity index (χ3n) is 5.08. The van der Waals surface area contributed by atoms with E-state index in [0.717, 1.165) is 11.1 Å². The van der Waals surface area contributed by atoms with E-state index in [1.807, 2.05) is 19.9 Å². The molecular weight excluding hydrogens is 448 g/mol. The Kier molecular flexibility index (Phi) is 5.71. The summed E-state index contributed by atoms with van der Waals surface area (Å²) in [5, 5.41) is 13.1. The lowest BCUT2D eigenvalue weighted by Crippen LogP contribution is -2.25. The van der Waals surface area contributed by atoms with Crippen LogP contribution in [0.5, 0.6) is 5.75 Å². The summed E-state index contributed by atoms with van der Waals surface area (Å²) in [7, 11) is -4.04. The average Bonchev–Trinajstić information content (AvgIpc) is 3.11. The molecule has 0 saturated carbocycles. The van der Waals surface area contributed by atoms with Crippen LogP contribution in [0.4, 0.5) is 0 Å². The van der Waals surface area contributed by atoms with Crippen molar-refractivity contribution >= 4 is 38.2 Å². The van der Waals surface area contributed by atoms with Gasteiger partial charge in [0, 0.05) is 22.5 Å². The first-order valence-electron chi connectivity index (χ1n) is 9.86. The quantitative estimate of drug-likeness (QED) is 0.387. The van der Waals surface area contributed by atoms with Crippen molar-refractivity contribution in [3.8, 4) is 5.75 Å². The van der Waals surface area contributed by atoms with Gasteiger partial charge in [-0.2, -0.15) is 0 Å². The molecule has 0 aliphatic carbocycles. The van der Waals surface area contributed by atoms with E-state index in [2.05, 4.69) is 10.3 Å². The molecule has 8 heteroatoms. The molecular formula is C24H21ClN2O4S. The fraction of sp³-hybridized carbons (Fsp3) is 0.125. The Hall–Kier alpha value is -3.29. The van der Waals surface area contributed by atoms with Gasteiger partial charge < -0.3 is 15.4 Å². The van der Waals surface area contributed by atoms with Gasteiger partial charge in [0.15, 0.2) is 0 Å². The molecule has 0 spiro atoms. The van der Waals surface area contributed by atoms with Crippen LogP contribution in [0.3, 0.4) is 0 Å². The van der Waals surface area contributed by atoms with Crippen LogP contribution in [0.1, 0.15) is 27.2 Å². The van der Waals surface area contributed by atoms with Crippen molar-refractivity contribution in [2.75, 3.05) is 0 Å². The predicted octanol–water partition coefficient (Wildman–Crippen LogP) is 4.91. The van der Waals surface area contributed by atoms with Crippen molar-refractivity contribution in [2.45, 2.75) is 30.2 Å². The van der Waals surface area contributed by atoms with Gasteiger partial charge in [-0.25, -0.2) is 8.42 Å². The fourth-order valence-corrected chi connectivity index (χ4v) is 5.68. The van der Waals surface area contributed by atoms with Gasteiger partial charge in [0.05, 0.1) is 4.90 Å². The van der Waals surface area contributed by atoms with Gasteiger partial charge in [-0.15, -0.1) is 0 Å². The minimum Gasteiger partial charge on any atom is -0.508 e. The number of fused-ring (bicyclic) bond motifs is 1. The second kappa shape index (κ2) is 8.33. The summed E-state index contributed by atoms with van der Waals surface area (Å²) in [5.41, 5.74) is 2.70. The maximum Gasteiger partial charge on any atom is 0.269 e. The van der Waals surface area contributed by atoms with Crippen LogP contribution >= 0.6 is 11.6 Å². The molecule has 0 unspecified atom stereocenters. The number of sulfone groups is 1. The van der Waals surface area contributed by atoms with Crippen LogP contribution in [0.25, 0.3) is 10.9 Å². The van der Waals surface area contributed by atoms with Crippen molar-refractivity contribution in [3.63, 3.8) is 0 Å². The Morgan fingerprint density at radius 1 is 1.03 bits per heavy atom. The summed E-state index contributed by atoms with van der Waals surface area (Å²) < 4.78 is 27.4. The summed E-state index contributed by atoms with van der Waals surface area (Å²) in [6.45, 7) is 3.76. The number of aromatic hydroxyl groups is 1. The molecule has 0 fully saturated rings. The first-order valence-corrected chi connectivity index (χ1v) is 11.7. The van der Waals surface area contributed by atoms with E-state index in [-0.39, 0.29) is 27.8 Å². The molecule has 1 amide bonds. The van der Waals surface area contributed by atoms with Crippen molar-refractivity contribution in [1.29, 1.82) is 0 Å². The number of carbonyl (C=O) groups excluding carboxylic acids is 1. The Labute approximate surface area is 190 Å². The highest BCUT2D eigenvalue weighted by Crippen LogP contribution is 2.34. The number of nitrogens with one attached hydrogen (secondary N) is 2. The van der Waals surface area contributed by atoms with Crippen LogP contribution in [0.15, 0.2) is 70.5 Å². The number of carbonyl (C=O) groups is 1. The van der Waals surface area contributed by atoms with E-state index >= 15 is 0 Å². The minimum atomic E-state index is -4.04. The van der Waals surface area contributed by atoms with Gasteiger partial charge in [0.2, 0.25) is 9.84 Å². The molecule has 0 atom stereocenters. The molecule has 3 aromatic carbocycles. The zero-order chi connectivity index (χ0) is 23.0. The number of aryl methyl sites for hydroxylation is 2. The van der Waals surface area contributed by atoms with Crippen LogP contribution in [0.2, 0.25) is 5.02 Å². The smallest absolute Gasteiger partial charge is 0.269 e. The van der Waals surface area contributed by atoms with E-state index in [1.54, 1.807) is 36.4 Å². The summed E-state index contributed by atoms with van der Waals surface area (Å²) in [5.74, 6) is -0.501. The van der Waals surface area contributed by atoms with Crippen molar-refractivity contribution < 1.29 is 18.3 Å². The maximum atomic E-state index is 13.7. The lowest BCUT2D eigenvalue weighted by molar-refractivity contribution is 0.0943. The fourth-order valence-electron chi connectivity index (χ4n) is 3.72. The molecule has 32 heavy (non-hydrogen) atoms. The summed E-state index contributed by atoms with van der Waals surface area (Å²) in [6.07, 6.45) is 0. The van der Waals surface area contributed by atoms with E-state index in [4.69, 9.17) is 11.6 Å². The zero-order valence-corrected chi connectivity index (χ0v) is 19.0. The van der Waals surface area contributed by atoms with Gasteiger partial charge in [0.25, 0.3) is 5.91 Å². The zero-order valence-electron chi connectivity index (χ0n) is 17.4. The van der Waals surface area contributed by atoms with Gasteiger partial charge >= 0.3 is 0 Å². The number of H-pyrrole nitrogens is 1. The topological polar surface area (TPSA) is 99.3 Å². The van der Waals surface area contributed by atoms with Crippen LogP contribution in [-0.4, -0.2) is 24.4 Å². The first kappa shape index (κ1) is 21.9. The molecule has 0 aliphatic heterocycles. The molecule has 4 aromatic rings. The number of aromatic nitrogens is 1. The van der Waals surface area contributed by atoms with Gasteiger partial charge in [-0.05, 0) is 73.0 Å². The number of hydrogen-bond donors (Lipinski definition) is 3. The highest BCUT2D eigenvalue weighted by atomic mass is 35.5. The lowest BCUT2D eigenvalue weighted by Gasteiger charge is -2.10. The van der Waals surface area contributed by atoms with Crippen molar-refractivity contribution in [3.05, 3.63) is 88.1 Å². The third-order valence-corrected chi connectivity index (χ3v) is 7.13. The first-order chi connectivity index (χ1) is 15.1. The molecule has 1 aromatic heterocycles. The molecule has 6 nitrogen and oxygen atoms in total. The number of phenols is 1. The molecule has 3 N–H and O–H groups in total. The predicted molar refractivity (Wildman–Crippen MR) is 124 cm³/mol. The largest absolute Gasteiger partial charge is 0.508 e. The molecule has 0 bridgehead atoms. The normalized spacial score (nSPS) is 11.6. The number of benzene rings is 3. The van der Waals surface area contributed by atoms with Gasteiger partial charge in [-0.3, -0.25) is 4.79 Å². The van der Waals surface area contributed by atoms with Crippen LogP contribution in [-0.2, 0) is 16.4 Å². The number of hydrogen-bond acceptors (Lipinski definition) is 4. The molecule has 1 heterocycles. The molecule has 0 aliphatic rings. The second-order valence-electron chi connectivity index (χ2n) is 7.70. The lowest BCUT2D eigenvalue weighted by atomic mass is 10.2. The highest BCUT2D eigenvalue weighted by molar-refractivity contribution is 7.91. The Morgan fingerprint density at radius 3 is 2.44 bits per heavy atom. The highest BCUT2D eigenvalue weighted by Gasteiger charge is 2.30. The Bertz CT molecular complexity index is 1440.